The molecule has 0 heterocycles. The van der Waals surface area contributed by atoms with Crippen molar-refractivity contribution in [2.75, 3.05) is 12.8 Å². The number of hydrogen-bond acceptors (Lipinski definition) is 3. The largest absolute Gasteiger partial charge is 0.396 e. The molecule has 2 rings (SSSR count). The van der Waals surface area contributed by atoms with Crippen molar-refractivity contribution < 1.29 is 17.2 Å². The summed E-state index contributed by atoms with van der Waals surface area (Å²) >= 11 is 0. The van der Waals surface area contributed by atoms with Gasteiger partial charge in [-0.2, -0.15) is 4.31 Å². The lowest BCUT2D eigenvalue weighted by Crippen LogP contribution is -2.41. The molecule has 1 aliphatic carbocycles. The average molecular weight is 276 g/mol. The molecule has 0 atom stereocenters. The van der Waals surface area contributed by atoms with Crippen molar-refractivity contribution in [2.45, 2.75) is 30.2 Å². The molecule has 18 heavy (non-hydrogen) atoms. The number of nitrogen functional groups attached to an aromatic ring is 1. The molecule has 0 spiro atoms. The molecule has 100 valence electrons. The molecule has 4 nitrogen and oxygen atoms in total. The Bertz CT molecular complexity index is 547. The van der Waals surface area contributed by atoms with Crippen molar-refractivity contribution >= 4 is 15.7 Å². The summed E-state index contributed by atoms with van der Waals surface area (Å²) in [4.78, 5) is -0.312. The van der Waals surface area contributed by atoms with Gasteiger partial charge in [-0.3, -0.25) is 0 Å². The highest BCUT2D eigenvalue weighted by Gasteiger charge is 2.32. The molecular weight excluding hydrogens is 262 g/mol. The quantitative estimate of drug-likeness (QED) is 0.855. The molecule has 0 aromatic heterocycles. The van der Waals surface area contributed by atoms with Crippen molar-refractivity contribution in [3.63, 3.8) is 0 Å². The number of nitrogens with two attached hydrogens (primary N) is 1. The molecule has 1 aliphatic rings. The maximum Gasteiger partial charge on any atom is 0.243 e. The monoisotopic (exact) mass is 276 g/mol. The average Bonchev–Trinajstić information content (AvgIpc) is 2.22. The maximum absolute atomic E-state index is 13.2. The van der Waals surface area contributed by atoms with Crippen LogP contribution in [0.15, 0.2) is 17.0 Å². The summed E-state index contributed by atoms with van der Waals surface area (Å²) in [5.41, 5.74) is 4.74. The van der Waals surface area contributed by atoms with Gasteiger partial charge in [-0.1, -0.05) is 6.42 Å². The van der Waals surface area contributed by atoms with Crippen LogP contribution in [0.1, 0.15) is 19.3 Å². The van der Waals surface area contributed by atoms with Crippen LogP contribution in [0.3, 0.4) is 0 Å². The summed E-state index contributed by atoms with van der Waals surface area (Å²) in [6.45, 7) is 0. The second kappa shape index (κ2) is 4.47. The molecular formula is C11H14F2N2O2S. The molecule has 2 N–H and O–H groups in total. The van der Waals surface area contributed by atoms with Gasteiger partial charge in [0.25, 0.3) is 0 Å². The van der Waals surface area contributed by atoms with Gasteiger partial charge in [0, 0.05) is 13.1 Å². The summed E-state index contributed by atoms with van der Waals surface area (Å²) in [7, 11) is -2.37. The minimum absolute atomic E-state index is 0.0654. The second-order valence-electron chi connectivity index (χ2n) is 4.41. The van der Waals surface area contributed by atoms with Crippen LogP contribution in [0.4, 0.5) is 14.5 Å². The predicted octanol–water partition coefficient (Wildman–Crippen LogP) is 1.72. The van der Waals surface area contributed by atoms with Gasteiger partial charge in [0.05, 0.1) is 10.6 Å². The predicted molar refractivity (Wildman–Crippen MR) is 63.4 cm³/mol. The molecule has 1 aromatic carbocycles. The van der Waals surface area contributed by atoms with E-state index in [1.165, 1.54) is 11.4 Å². The molecule has 0 amide bonds. The Balaban J connectivity index is 2.40. The number of halogens is 2. The van der Waals surface area contributed by atoms with E-state index in [-0.39, 0.29) is 10.9 Å². The second-order valence-corrected chi connectivity index (χ2v) is 6.41. The Kier molecular flexibility index (Phi) is 3.29. The maximum atomic E-state index is 13.2. The van der Waals surface area contributed by atoms with Crippen LogP contribution in [0.5, 0.6) is 0 Å². The summed E-state index contributed by atoms with van der Waals surface area (Å²) in [6.07, 6.45) is 2.55. The smallest absolute Gasteiger partial charge is 0.243 e. The molecule has 0 radical (unpaired) electrons. The third-order valence-corrected chi connectivity index (χ3v) is 5.18. The van der Waals surface area contributed by atoms with Gasteiger partial charge in [-0.15, -0.1) is 0 Å². The molecule has 1 saturated carbocycles. The first-order chi connectivity index (χ1) is 8.34. The number of anilines is 1. The first-order valence-electron chi connectivity index (χ1n) is 5.56. The number of benzene rings is 1. The fraction of sp³-hybridized carbons (Fsp3) is 0.455. The van der Waals surface area contributed by atoms with Gasteiger partial charge in [0.1, 0.15) is 0 Å². The van der Waals surface area contributed by atoms with E-state index in [1.807, 2.05) is 0 Å². The number of nitrogens with zero attached hydrogens (tertiary/aromatic N) is 1. The third-order valence-electron chi connectivity index (χ3n) is 3.30. The Morgan fingerprint density at radius 3 is 2.39 bits per heavy atom. The highest BCUT2D eigenvalue weighted by atomic mass is 32.2. The Morgan fingerprint density at radius 2 is 1.94 bits per heavy atom. The molecule has 0 unspecified atom stereocenters. The summed E-state index contributed by atoms with van der Waals surface area (Å²) in [5, 5.41) is 0. The Labute approximate surface area is 104 Å². The normalized spacial score (nSPS) is 16.9. The molecule has 0 saturated heterocycles. The van der Waals surface area contributed by atoms with Crippen molar-refractivity contribution in [1.29, 1.82) is 0 Å². The fourth-order valence-electron chi connectivity index (χ4n) is 1.85. The Morgan fingerprint density at radius 1 is 1.33 bits per heavy atom. The summed E-state index contributed by atoms with van der Waals surface area (Å²) in [5.74, 6) is -2.48. The van der Waals surface area contributed by atoms with Gasteiger partial charge < -0.3 is 5.73 Å². The minimum Gasteiger partial charge on any atom is -0.396 e. The van der Waals surface area contributed by atoms with E-state index in [9.17, 15) is 17.2 Å². The topological polar surface area (TPSA) is 63.4 Å². The van der Waals surface area contributed by atoms with E-state index in [0.29, 0.717) is 6.07 Å². The van der Waals surface area contributed by atoms with E-state index in [1.54, 1.807) is 0 Å². The molecule has 0 bridgehead atoms. The number of sulfonamides is 1. The minimum atomic E-state index is -3.81. The zero-order valence-corrected chi connectivity index (χ0v) is 10.7. The van der Waals surface area contributed by atoms with E-state index in [4.69, 9.17) is 5.73 Å². The highest BCUT2D eigenvalue weighted by molar-refractivity contribution is 7.89. The molecule has 7 heteroatoms. The van der Waals surface area contributed by atoms with E-state index in [0.717, 1.165) is 25.3 Å². The summed E-state index contributed by atoms with van der Waals surface area (Å²) < 4.78 is 51.7. The van der Waals surface area contributed by atoms with E-state index < -0.39 is 27.3 Å². The van der Waals surface area contributed by atoms with Crippen LogP contribution in [0.2, 0.25) is 0 Å². The molecule has 1 fully saturated rings. The number of hydrogen-bond donors (Lipinski definition) is 1. The van der Waals surface area contributed by atoms with Crippen molar-refractivity contribution in [2.24, 2.45) is 0 Å². The van der Waals surface area contributed by atoms with Gasteiger partial charge in [-0.05, 0) is 25.0 Å². The van der Waals surface area contributed by atoms with Crippen LogP contribution in [-0.2, 0) is 10.0 Å². The van der Waals surface area contributed by atoms with Crippen LogP contribution in [0.25, 0.3) is 0 Å². The zero-order chi connectivity index (χ0) is 13.5. The fourth-order valence-corrected chi connectivity index (χ4v) is 3.31. The third kappa shape index (κ3) is 2.08. The molecule has 1 aromatic rings. The SMILES string of the molecule is CN(C1CCC1)S(=O)(=O)c1cc(N)c(F)c(F)c1. The lowest BCUT2D eigenvalue weighted by molar-refractivity contribution is 0.249. The van der Waals surface area contributed by atoms with Crippen molar-refractivity contribution in [3.8, 4) is 0 Å². The van der Waals surface area contributed by atoms with Gasteiger partial charge in [0.2, 0.25) is 10.0 Å². The van der Waals surface area contributed by atoms with Crippen LogP contribution in [0, 0.1) is 11.6 Å². The van der Waals surface area contributed by atoms with Crippen molar-refractivity contribution in [1.82, 2.24) is 4.31 Å². The van der Waals surface area contributed by atoms with E-state index >= 15 is 0 Å². The van der Waals surface area contributed by atoms with E-state index in [2.05, 4.69) is 0 Å². The lowest BCUT2D eigenvalue weighted by atomic mass is 9.94. The summed E-state index contributed by atoms with van der Waals surface area (Å²) in [6, 6.07) is 1.54. The van der Waals surface area contributed by atoms with Gasteiger partial charge >= 0.3 is 0 Å². The lowest BCUT2D eigenvalue weighted by Gasteiger charge is -2.33. The van der Waals surface area contributed by atoms with Gasteiger partial charge in [0.15, 0.2) is 11.6 Å². The highest BCUT2D eigenvalue weighted by Crippen LogP contribution is 2.30. The standard InChI is InChI=1S/C11H14F2N2O2S/c1-15(7-3-2-4-7)18(16,17)8-5-9(12)11(13)10(14)6-8/h5-7H,2-4,14H2,1H3. The molecule has 0 aliphatic heterocycles. The van der Waals surface area contributed by atoms with Gasteiger partial charge in [-0.25, -0.2) is 17.2 Å². The van der Waals surface area contributed by atoms with Crippen LogP contribution < -0.4 is 5.73 Å². The first-order valence-corrected chi connectivity index (χ1v) is 7.00. The van der Waals surface area contributed by atoms with Crippen molar-refractivity contribution in [3.05, 3.63) is 23.8 Å². The van der Waals surface area contributed by atoms with Crippen LogP contribution in [-0.4, -0.2) is 25.8 Å². The number of rotatable bonds is 3. The zero-order valence-electron chi connectivity index (χ0n) is 9.86. The van der Waals surface area contributed by atoms with Crippen LogP contribution >= 0.6 is 0 Å². The first kappa shape index (κ1) is 13.2. The Hall–Kier alpha value is -1.21.